The van der Waals surface area contributed by atoms with E-state index in [-0.39, 0.29) is 10.8 Å². The van der Waals surface area contributed by atoms with Crippen molar-refractivity contribution in [2.75, 3.05) is 11.3 Å². The Bertz CT molecular complexity index is 828. The lowest BCUT2D eigenvalue weighted by molar-refractivity contribution is 0.0953. The van der Waals surface area contributed by atoms with Crippen molar-refractivity contribution >= 4 is 21.6 Å². The SMILES string of the molecule is CCCNC(=O)c1cc(S(=O)(=O)Nc2ccc(C)cc2)ccc1C. The number of hydrogen-bond donors (Lipinski definition) is 2. The molecule has 2 aromatic carbocycles. The zero-order valence-corrected chi connectivity index (χ0v) is 14.9. The highest BCUT2D eigenvalue weighted by atomic mass is 32.2. The molecule has 0 aliphatic carbocycles. The third-order valence-corrected chi connectivity index (χ3v) is 4.98. The molecule has 24 heavy (non-hydrogen) atoms. The van der Waals surface area contributed by atoms with Gasteiger partial charge in [0.15, 0.2) is 0 Å². The summed E-state index contributed by atoms with van der Waals surface area (Å²) in [6.07, 6.45) is 0.817. The molecule has 0 atom stereocenters. The van der Waals surface area contributed by atoms with Gasteiger partial charge in [-0.3, -0.25) is 9.52 Å². The van der Waals surface area contributed by atoms with Gasteiger partial charge in [0.2, 0.25) is 0 Å². The molecular formula is C18H22N2O3S. The molecule has 6 heteroatoms. The molecule has 0 heterocycles. The fourth-order valence-corrected chi connectivity index (χ4v) is 3.27. The van der Waals surface area contributed by atoms with Crippen LogP contribution in [-0.2, 0) is 10.0 Å². The first-order chi connectivity index (χ1) is 11.3. The molecule has 0 aromatic heterocycles. The molecule has 1 amide bonds. The Kier molecular flexibility index (Phi) is 5.62. The van der Waals surface area contributed by atoms with Crippen LogP contribution in [0.1, 0.15) is 34.8 Å². The molecule has 0 spiro atoms. The van der Waals surface area contributed by atoms with Crippen molar-refractivity contribution in [3.63, 3.8) is 0 Å². The van der Waals surface area contributed by atoms with Crippen LogP contribution in [0.15, 0.2) is 47.4 Å². The van der Waals surface area contributed by atoms with E-state index in [1.165, 1.54) is 12.1 Å². The van der Waals surface area contributed by atoms with Crippen molar-refractivity contribution in [2.24, 2.45) is 0 Å². The molecule has 2 rings (SSSR count). The van der Waals surface area contributed by atoms with E-state index in [0.29, 0.717) is 17.8 Å². The summed E-state index contributed by atoms with van der Waals surface area (Å²) in [7, 11) is -3.75. The molecule has 0 aliphatic heterocycles. The summed E-state index contributed by atoms with van der Waals surface area (Å²) < 4.78 is 27.6. The second-order valence-electron chi connectivity index (χ2n) is 5.70. The van der Waals surface area contributed by atoms with Crippen LogP contribution in [0.25, 0.3) is 0 Å². The second-order valence-corrected chi connectivity index (χ2v) is 7.39. The fourth-order valence-electron chi connectivity index (χ4n) is 2.18. The van der Waals surface area contributed by atoms with E-state index >= 15 is 0 Å². The maximum atomic E-state index is 12.5. The Labute approximate surface area is 143 Å². The van der Waals surface area contributed by atoms with Crippen molar-refractivity contribution in [1.82, 2.24) is 5.32 Å². The highest BCUT2D eigenvalue weighted by molar-refractivity contribution is 7.92. The van der Waals surface area contributed by atoms with Gasteiger partial charge in [0, 0.05) is 17.8 Å². The number of amides is 1. The summed E-state index contributed by atoms with van der Waals surface area (Å²) in [6.45, 7) is 6.22. The van der Waals surface area contributed by atoms with Crippen molar-refractivity contribution in [2.45, 2.75) is 32.1 Å². The molecule has 2 N–H and O–H groups in total. The van der Waals surface area contributed by atoms with Crippen LogP contribution in [0.2, 0.25) is 0 Å². The van der Waals surface area contributed by atoms with Gasteiger partial charge >= 0.3 is 0 Å². The number of rotatable bonds is 6. The van der Waals surface area contributed by atoms with E-state index in [4.69, 9.17) is 0 Å². The Balaban J connectivity index is 2.30. The van der Waals surface area contributed by atoms with E-state index in [2.05, 4.69) is 10.0 Å². The lowest BCUT2D eigenvalue weighted by atomic mass is 10.1. The van der Waals surface area contributed by atoms with Gasteiger partial charge in [-0.25, -0.2) is 8.42 Å². The first-order valence-electron chi connectivity index (χ1n) is 7.82. The van der Waals surface area contributed by atoms with Gasteiger partial charge in [-0.1, -0.05) is 30.7 Å². The normalized spacial score (nSPS) is 11.1. The smallest absolute Gasteiger partial charge is 0.261 e. The van der Waals surface area contributed by atoms with Gasteiger partial charge in [-0.2, -0.15) is 0 Å². The third kappa shape index (κ3) is 4.35. The first-order valence-corrected chi connectivity index (χ1v) is 9.30. The second kappa shape index (κ2) is 7.49. The minimum Gasteiger partial charge on any atom is -0.352 e. The summed E-state index contributed by atoms with van der Waals surface area (Å²) in [5.41, 5.74) is 2.63. The Morgan fingerprint density at radius 2 is 1.71 bits per heavy atom. The summed E-state index contributed by atoms with van der Waals surface area (Å²) >= 11 is 0. The number of hydrogen-bond acceptors (Lipinski definition) is 3. The van der Waals surface area contributed by atoms with Gasteiger partial charge in [0.05, 0.1) is 4.90 Å². The number of aryl methyl sites for hydroxylation is 2. The summed E-state index contributed by atoms with van der Waals surface area (Å²) in [5, 5.41) is 2.77. The van der Waals surface area contributed by atoms with E-state index in [0.717, 1.165) is 17.5 Å². The molecule has 2 aromatic rings. The van der Waals surface area contributed by atoms with Crippen molar-refractivity contribution in [3.8, 4) is 0 Å². The number of carbonyl (C=O) groups excluding carboxylic acids is 1. The van der Waals surface area contributed by atoms with Crippen LogP contribution < -0.4 is 10.0 Å². The van der Waals surface area contributed by atoms with Gasteiger partial charge in [-0.15, -0.1) is 0 Å². The minimum atomic E-state index is -3.75. The molecule has 0 saturated heterocycles. The molecular weight excluding hydrogens is 324 g/mol. The van der Waals surface area contributed by atoms with Crippen molar-refractivity contribution in [1.29, 1.82) is 0 Å². The van der Waals surface area contributed by atoms with Crippen LogP contribution in [0.4, 0.5) is 5.69 Å². The van der Waals surface area contributed by atoms with Crippen molar-refractivity contribution in [3.05, 3.63) is 59.2 Å². The fraction of sp³-hybridized carbons (Fsp3) is 0.278. The Hall–Kier alpha value is -2.34. The van der Waals surface area contributed by atoms with Crippen LogP contribution >= 0.6 is 0 Å². The number of benzene rings is 2. The third-order valence-electron chi connectivity index (χ3n) is 3.60. The van der Waals surface area contributed by atoms with Crippen LogP contribution in [0.5, 0.6) is 0 Å². The van der Waals surface area contributed by atoms with Crippen LogP contribution in [-0.4, -0.2) is 20.9 Å². The summed E-state index contributed by atoms with van der Waals surface area (Å²) in [5.74, 6) is -0.262. The molecule has 0 radical (unpaired) electrons. The highest BCUT2D eigenvalue weighted by Crippen LogP contribution is 2.19. The number of anilines is 1. The lowest BCUT2D eigenvalue weighted by Gasteiger charge is -2.11. The summed E-state index contributed by atoms with van der Waals surface area (Å²) in [4.78, 5) is 12.2. The van der Waals surface area contributed by atoms with Crippen LogP contribution in [0.3, 0.4) is 0 Å². The van der Waals surface area contributed by atoms with Gasteiger partial charge < -0.3 is 5.32 Å². The standard InChI is InChI=1S/C18H22N2O3S/c1-4-11-19-18(21)17-12-16(10-7-14(17)3)24(22,23)20-15-8-5-13(2)6-9-15/h5-10,12,20H,4,11H2,1-3H3,(H,19,21). The highest BCUT2D eigenvalue weighted by Gasteiger charge is 2.18. The van der Waals surface area contributed by atoms with E-state index in [1.54, 1.807) is 25.1 Å². The molecule has 0 unspecified atom stereocenters. The molecule has 5 nitrogen and oxygen atoms in total. The zero-order valence-electron chi connectivity index (χ0n) is 14.1. The predicted octanol–water partition coefficient (Wildman–Crippen LogP) is 3.24. The number of sulfonamides is 1. The zero-order chi connectivity index (χ0) is 17.7. The number of carbonyl (C=O) groups is 1. The van der Waals surface area contributed by atoms with Crippen molar-refractivity contribution < 1.29 is 13.2 Å². The average Bonchev–Trinajstić information content (AvgIpc) is 2.54. The average molecular weight is 346 g/mol. The van der Waals surface area contributed by atoms with Gasteiger partial charge in [-0.05, 0) is 50.1 Å². The first kappa shape index (κ1) is 18.0. The monoisotopic (exact) mass is 346 g/mol. The van der Waals surface area contributed by atoms with Gasteiger partial charge in [0.25, 0.3) is 15.9 Å². The van der Waals surface area contributed by atoms with E-state index in [1.807, 2.05) is 26.0 Å². The van der Waals surface area contributed by atoms with E-state index < -0.39 is 10.0 Å². The van der Waals surface area contributed by atoms with E-state index in [9.17, 15) is 13.2 Å². The Morgan fingerprint density at radius 3 is 2.33 bits per heavy atom. The molecule has 0 aliphatic rings. The molecule has 0 bridgehead atoms. The lowest BCUT2D eigenvalue weighted by Crippen LogP contribution is -2.25. The molecule has 0 saturated carbocycles. The number of nitrogens with one attached hydrogen (secondary N) is 2. The summed E-state index contributed by atoms with van der Waals surface area (Å²) in [6, 6.07) is 11.6. The minimum absolute atomic E-state index is 0.0651. The molecule has 0 fully saturated rings. The maximum Gasteiger partial charge on any atom is 0.261 e. The van der Waals surface area contributed by atoms with Gasteiger partial charge in [0.1, 0.15) is 0 Å². The largest absolute Gasteiger partial charge is 0.352 e. The molecule has 128 valence electrons. The predicted molar refractivity (Wildman–Crippen MR) is 95.8 cm³/mol. The Morgan fingerprint density at radius 1 is 1.04 bits per heavy atom. The topological polar surface area (TPSA) is 75.3 Å². The quantitative estimate of drug-likeness (QED) is 0.843. The maximum absolute atomic E-state index is 12.5. The van der Waals surface area contributed by atoms with Crippen LogP contribution in [0, 0.1) is 13.8 Å².